The minimum absolute atomic E-state index is 0.337. The third kappa shape index (κ3) is 1.32. The molecule has 0 saturated carbocycles. The Balaban J connectivity index is 3.36. The summed E-state index contributed by atoms with van der Waals surface area (Å²) in [5, 5.41) is 9.35. The van der Waals surface area contributed by atoms with Gasteiger partial charge in [-0.1, -0.05) is 41.5 Å². The van der Waals surface area contributed by atoms with Crippen LogP contribution in [-0.4, -0.2) is 22.3 Å². The quantitative estimate of drug-likeness (QED) is 0.703. The van der Waals surface area contributed by atoms with Crippen LogP contribution >= 0.6 is 0 Å². The van der Waals surface area contributed by atoms with Crippen molar-refractivity contribution in [3.63, 3.8) is 0 Å². The third-order valence-electron chi connectivity index (χ3n) is 3.53. The van der Waals surface area contributed by atoms with Gasteiger partial charge in [-0.2, -0.15) is 0 Å². The lowest BCUT2D eigenvalue weighted by Crippen LogP contribution is -2.79. The van der Waals surface area contributed by atoms with Gasteiger partial charge in [0.15, 0.2) is 5.60 Å². The Morgan fingerprint density at radius 1 is 1.00 bits per heavy atom. The van der Waals surface area contributed by atoms with Gasteiger partial charge >= 0.3 is 5.97 Å². The number of rotatable bonds is 1. The van der Waals surface area contributed by atoms with Gasteiger partial charge in [0.1, 0.15) is 0 Å². The van der Waals surface area contributed by atoms with Crippen LogP contribution in [0.1, 0.15) is 48.5 Å². The second-order valence-corrected chi connectivity index (χ2v) is 6.69. The van der Waals surface area contributed by atoms with Crippen LogP contribution in [0.15, 0.2) is 0 Å². The molecule has 1 heterocycles. The monoisotopic (exact) mass is 230 g/mol. The van der Waals surface area contributed by atoms with E-state index >= 15 is 0 Å². The van der Waals surface area contributed by atoms with E-state index in [2.05, 4.69) is 0 Å². The van der Waals surface area contributed by atoms with Crippen LogP contribution in [0.5, 0.6) is 0 Å². The Hall–Kier alpha value is -0.610. The predicted octanol–water partition coefficient (Wildman–Crippen LogP) is 2.62. The zero-order valence-electron chi connectivity index (χ0n) is 11.2. The number of carboxylic acids is 1. The van der Waals surface area contributed by atoms with Gasteiger partial charge in [0.05, 0.1) is 0 Å². The summed E-state index contributed by atoms with van der Waals surface area (Å²) in [6.45, 7) is 13.4. The van der Waals surface area contributed by atoms with Crippen molar-refractivity contribution >= 4 is 5.97 Å². The zero-order chi connectivity index (χ0) is 13.0. The molecular formula is C12H22O4. The molecule has 4 heteroatoms. The van der Waals surface area contributed by atoms with E-state index in [1.807, 2.05) is 41.5 Å². The van der Waals surface area contributed by atoms with Crippen molar-refractivity contribution in [1.82, 2.24) is 0 Å². The van der Waals surface area contributed by atoms with Crippen LogP contribution in [0.4, 0.5) is 0 Å². The fraction of sp³-hybridized carbons (Fsp3) is 0.917. The van der Waals surface area contributed by atoms with Crippen LogP contribution in [0.25, 0.3) is 0 Å². The van der Waals surface area contributed by atoms with Crippen LogP contribution in [0.2, 0.25) is 0 Å². The molecule has 0 amide bonds. The molecule has 0 spiro atoms. The number of aliphatic carboxylic acids is 1. The van der Waals surface area contributed by atoms with E-state index in [9.17, 15) is 9.90 Å². The number of carboxylic acid groups (broad SMARTS) is 1. The van der Waals surface area contributed by atoms with Gasteiger partial charge in [0, 0.05) is 0 Å². The summed E-state index contributed by atoms with van der Waals surface area (Å²) in [6.07, 6.45) is 0. The Morgan fingerprint density at radius 2 is 1.38 bits per heavy atom. The molecule has 1 atom stereocenters. The first-order chi connectivity index (χ1) is 6.90. The predicted molar refractivity (Wildman–Crippen MR) is 59.9 cm³/mol. The minimum atomic E-state index is -1.30. The van der Waals surface area contributed by atoms with Gasteiger partial charge in [0.25, 0.3) is 0 Å². The van der Waals surface area contributed by atoms with Crippen molar-refractivity contribution in [2.45, 2.75) is 59.7 Å². The molecule has 4 nitrogen and oxygen atoms in total. The van der Waals surface area contributed by atoms with E-state index in [-0.39, 0.29) is 10.8 Å². The average Bonchev–Trinajstić information content (AvgIpc) is 1.94. The van der Waals surface area contributed by atoms with Crippen LogP contribution in [0.3, 0.4) is 0 Å². The van der Waals surface area contributed by atoms with Gasteiger partial charge in [-0.05, 0) is 17.8 Å². The number of carbonyl (C=O) groups is 1. The summed E-state index contributed by atoms with van der Waals surface area (Å²) in [7, 11) is 0. The maximum Gasteiger partial charge on any atom is 0.342 e. The highest BCUT2D eigenvalue weighted by Crippen LogP contribution is 2.60. The molecule has 0 aromatic heterocycles. The highest BCUT2D eigenvalue weighted by Gasteiger charge is 2.75. The Kier molecular flexibility index (Phi) is 2.69. The highest BCUT2D eigenvalue weighted by molar-refractivity contribution is 5.80. The van der Waals surface area contributed by atoms with E-state index in [1.54, 1.807) is 6.92 Å². The normalized spacial score (nSPS) is 29.7. The van der Waals surface area contributed by atoms with Gasteiger partial charge in [-0.3, -0.25) is 0 Å². The lowest BCUT2D eigenvalue weighted by Gasteiger charge is -2.64. The average molecular weight is 230 g/mol. The second kappa shape index (κ2) is 3.20. The van der Waals surface area contributed by atoms with E-state index in [0.717, 1.165) is 0 Å². The summed E-state index contributed by atoms with van der Waals surface area (Å²) in [5.74, 6) is -0.983. The lowest BCUT2D eigenvalue weighted by molar-refractivity contribution is -0.574. The summed E-state index contributed by atoms with van der Waals surface area (Å²) in [4.78, 5) is 21.7. The fourth-order valence-corrected chi connectivity index (χ4v) is 3.24. The van der Waals surface area contributed by atoms with Crippen LogP contribution in [0, 0.1) is 10.8 Å². The summed E-state index contributed by atoms with van der Waals surface area (Å²) >= 11 is 0. The molecule has 1 N–H and O–H groups in total. The first-order valence-electron chi connectivity index (χ1n) is 5.50. The summed E-state index contributed by atoms with van der Waals surface area (Å²) < 4.78 is 0. The molecule has 1 fully saturated rings. The maximum atomic E-state index is 11.4. The number of hydrogen-bond acceptors (Lipinski definition) is 3. The van der Waals surface area contributed by atoms with Crippen molar-refractivity contribution in [2.75, 3.05) is 0 Å². The molecule has 1 saturated heterocycles. The standard InChI is InChI=1S/C12H22O4/c1-9(2,3)12(10(4,5)6)11(7,8(13)14)15-16-12/h1-7H3,(H,13,14). The lowest BCUT2D eigenvalue weighted by atomic mass is 9.54. The molecular weight excluding hydrogens is 208 g/mol. The Labute approximate surface area is 96.9 Å². The topological polar surface area (TPSA) is 55.8 Å². The van der Waals surface area contributed by atoms with Gasteiger partial charge in [-0.25, -0.2) is 14.6 Å². The maximum absolute atomic E-state index is 11.4. The summed E-state index contributed by atoms with van der Waals surface area (Å²) in [5.41, 5.74) is -2.82. The van der Waals surface area contributed by atoms with E-state index in [0.29, 0.717) is 0 Å². The highest BCUT2D eigenvalue weighted by atomic mass is 17.3. The Morgan fingerprint density at radius 3 is 1.44 bits per heavy atom. The van der Waals surface area contributed by atoms with E-state index < -0.39 is 17.2 Å². The van der Waals surface area contributed by atoms with Gasteiger partial charge < -0.3 is 5.11 Å². The molecule has 0 aromatic carbocycles. The molecule has 16 heavy (non-hydrogen) atoms. The molecule has 1 rings (SSSR count). The zero-order valence-corrected chi connectivity index (χ0v) is 11.2. The Bertz CT molecular complexity index is 294. The minimum Gasteiger partial charge on any atom is -0.479 e. The second-order valence-electron chi connectivity index (χ2n) is 6.69. The van der Waals surface area contributed by atoms with Crippen molar-refractivity contribution < 1.29 is 19.7 Å². The first kappa shape index (κ1) is 13.5. The largest absolute Gasteiger partial charge is 0.479 e. The molecule has 0 aliphatic carbocycles. The molecule has 0 bridgehead atoms. The fourth-order valence-electron chi connectivity index (χ4n) is 3.24. The van der Waals surface area contributed by atoms with Gasteiger partial charge in [0.2, 0.25) is 5.60 Å². The summed E-state index contributed by atoms with van der Waals surface area (Å²) in [6, 6.07) is 0. The molecule has 0 aromatic rings. The van der Waals surface area contributed by atoms with E-state index in [4.69, 9.17) is 9.78 Å². The van der Waals surface area contributed by atoms with Crippen molar-refractivity contribution in [1.29, 1.82) is 0 Å². The van der Waals surface area contributed by atoms with Gasteiger partial charge in [-0.15, -0.1) is 0 Å². The molecule has 1 aliphatic rings. The van der Waals surface area contributed by atoms with E-state index in [1.165, 1.54) is 0 Å². The first-order valence-corrected chi connectivity index (χ1v) is 5.50. The smallest absolute Gasteiger partial charge is 0.342 e. The molecule has 0 radical (unpaired) electrons. The molecule has 1 aliphatic heterocycles. The van der Waals surface area contributed by atoms with Crippen LogP contribution in [-0.2, 0) is 14.6 Å². The SMILES string of the molecule is CC(C)(C)C1(C(C)(C)C)OOC1(C)C(=O)O. The van der Waals surface area contributed by atoms with Crippen molar-refractivity contribution in [3.8, 4) is 0 Å². The third-order valence-corrected chi connectivity index (χ3v) is 3.53. The molecule has 94 valence electrons. The van der Waals surface area contributed by atoms with Crippen molar-refractivity contribution in [3.05, 3.63) is 0 Å². The number of hydrogen-bond donors (Lipinski definition) is 1. The van der Waals surface area contributed by atoms with Crippen LogP contribution < -0.4 is 0 Å². The molecule has 1 unspecified atom stereocenters. The van der Waals surface area contributed by atoms with Crippen molar-refractivity contribution in [2.24, 2.45) is 10.8 Å².